The molecule has 2 aromatic rings. The van der Waals surface area contributed by atoms with Crippen LogP contribution in [0, 0.1) is 0 Å². The molecule has 0 atom stereocenters. The highest BCUT2D eigenvalue weighted by molar-refractivity contribution is 7.99. The maximum atomic E-state index is 13.0. The highest BCUT2D eigenvalue weighted by Crippen LogP contribution is 2.21. The fourth-order valence-electron chi connectivity index (χ4n) is 2.87. The van der Waals surface area contributed by atoms with Crippen molar-refractivity contribution in [2.45, 2.75) is 50.7 Å². The number of esters is 1. The lowest BCUT2D eigenvalue weighted by Crippen LogP contribution is -2.28. The van der Waals surface area contributed by atoms with E-state index in [-0.39, 0.29) is 6.54 Å². The molecule has 1 aromatic carbocycles. The molecule has 0 radical (unpaired) electrons. The Labute approximate surface area is 194 Å². The zero-order valence-corrected chi connectivity index (χ0v) is 19.2. The number of ether oxygens (including phenoxy) is 2. The fraction of sp³-hybridized carbons (Fsp3) is 0.435. The summed E-state index contributed by atoms with van der Waals surface area (Å²) < 4.78 is 47.3. The maximum Gasteiger partial charge on any atom is 0.522 e. The van der Waals surface area contributed by atoms with E-state index in [1.165, 1.54) is 22.5 Å². The Bertz CT molecular complexity index is 978. The molecule has 0 N–H and O–H groups in total. The predicted octanol–water partition coefficient (Wildman–Crippen LogP) is 5.22. The number of halogens is 3. The molecule has 0 fully saturated rings. The third kappa shape index (κ3) is 9.43. The highest BCUT2D eigenvalue weighted by atomic mass is 32.2. The van der Waals surface area contributed by atoms with Gasteiger partial charge in [0.05, 0.1) is 25.3 Å². The summed E-state index contributed by atoms with van der Waals surface area (Å²) in [4.78, 5) is 28.6. The third-order valence-electron chi connectivity index (χ3n) is 4.53. The zero-order chi connectivity index (χ0) is 24.3. The minimum Gasteiger partial charge on any atom is -0.462 e. The van der Waals surface area contributed by atoms with Crippen LogP contribution in [0.2, 0.25) is 0 Å². The molecule has 0 aliphatic carbocycles. The van der Waals surface area contributed by atoms with Gasteiger partial charge < -0.3 is 4.74 Å². The molecule has 0 bridgehead atoms. The first-order valence-corrected chi connectivity index (χ1v) is 11.5. The van der Waals surface area contributed by atoms with Crippen LogP contribution in [0.5, 0.6) is 0 Å². The number of alkyl halides is 3. The Morgan fingerprint density at radius 3 is 2.48 bits per heavy atom. The normalized spacial score (nSPS) is 11.4. The molecule has 0 amide bonds. The standard InChI is InChI=1S/C23H27F3N2O4S/c1-17(2)21(30)31-13-8-3-4-9-15-33-22-27-16-19(18-10-6-5-7-11-18)20(29)28(22)12-14-32-23(24,25)26/h5-7,10-11,16H,1,3-4,8-9,12-15H2,2H3. The first kappa shape index (κ1) is 26.7. The van der Waals surface area contributed by atoms with Crippen molar-refractivity contribution >= 4 is 17.7 Å². The maximum absolute atomic E-state index is 13.0. The van der Waals surface area contributed by atoms with Gasteiger partial charge >= 0.3 is 12.3 Å². The summed E-state index contributed by atoms with van der Waals surface area (Å²) in [5.74, 6) is 0.242. The van der Waals surface area contributed by atoms with Gasteiger partial charge in [-0.15, -0.1) is 13.2 Å². The van der Waals surface area contributed by atoms with Crippen molar-refractivity contribution in [1.29, 1.82) is 0 Å². The summed E-state index contributed by atoms with van der Waals surface area (Å²) in [6.45, 7) is 4.50. The predicted molar refractivity (Wildman–Crippen MR) is 121 cm³/mol. The lowest BCUT2D eigenvalue weighted by atomic mass is 10.1. The molecule has 0 aliphatic heterocycles. The van der Waals surface area contributed by atoms with Crippen LogP contribution in [0.15, 0.2) is 58.6 Å². The van der Waals surface area contributed by atoms with E-state index in [1.54, 1.807) is 37.3 Å². The van der Waals surface area contributed by atoms with Crippen molar-refractivity contribution < 1.29 is 27.4 Å². The fourth-order valence-corrected chi connectivity index (χ4v) is 3.86. The quantitative estimate of drug-likeness (QED) is 0.128. The van der Waals surface area contributed by atoms with Gasteiger partial charge in [0.1, 0.15) is 0 Å². The van der Waals surface area contributed by atoms with E-state index in [4.69, 9.17) is 4.74 Å². The molecule has 0 saturated heterocycles. The van der Waals surface area contributed by atoms with E-state index in [9.17, 15) is 22.8 Å². The molecule has 33 heavy (non-hydrogen) atoms. The number of aromatic nitrogens is 2. The second kappa shape index (κ2) is 13.2. The number of hydrogen-bond donors (Lipinski definition) is 0. The van der Waals surface area contributed by atoms with Gasteiger partial charge in [-0.2, -0.15) is 0 Å². The summed E-state index contributed by atoms with van der Waals surface area (Å²) >= 11 is 1.31. The van der Waals surface area contributed by atoms with Crippen LogP contribution < -0.4 is 5.56 Å². The summed E-state index contributed by atoms with van der Waals surface area (Å²) in [6.07, 6.45) is -0.0312. The van der Waals surface area contributed by atoms with Crippen molar-refractivity contribution in [3.8, 4) is 11.1 Å². The number of hydrogen-bond acceptors (Lipinski definition) is 6. The largest absolute Gasteiger partial charge is 0.522 e. The molecule has 0 saturated carbocycles. The van der Waals surface area contributed by atoms with Gasteiger partial charge in [-0.1, -0.05) is 61.5 Å². The molecule has 0 unspecified atom stereocenters. The van der Waals surface area contributed by atoms with E-state index < -0.39 is 24.5 Å². The average Bonchev–Trinajstić information content (AvgIpc) is 2.76. The van der Waals surface area contributed by atoms with Gasteiger partial charge in [0.15, 0.2) is 5.16 Å². The summed E-state index contributed by atoms with van der Waals surface area (Å²) in [5, 5.41) is 0.348. The first-order chi connectivity index (χ1) is 15.7. The monoisotopic (exact) mass is 484 g/mol. The second-order valence-electron chi connectivity index (χ2n) is 7.25. The molecule has 0 aliphatic rings. The van der Waals surface area contributed by atoms with Crippen LogP contribution in [0.3, 0.4) is 0 Å². The third-order valence-corrected chi connectivity index (χ3v) is 5.60. The molecule has 1 heterocycles. The Hall–Kier alpha value is -2.59. The summed E-state index contributed by atoms with van der Waals surface area (Å²) in [6, 6.07) is 8.84. The van der Waals surface area contributed by atoms with E-state index in [0.717, 1.165) is 25.7 Å². The molecule has 1 aromatic heterocycles. The Kier molecular flexibility index (Phi) is 10.7. The molecule has 10 heteroatoms. The number of rotatable bonds is 13. The van der Waals surface area contributed by atoms with E-state index in [1.807, 2.05) is 0 Å². The van der Waals surface area contributed by atoms with Crippen molar-refractivity contribution in [3.05, 3.63) is 59.0 Å². The van der Waals surface area contributed by atoms with Crippen LogP contribution in [0.25, 0.3) is 11.1 Å². The number of benzene rings is 1. The summed E-state index contributed by atoms with van der Waals surface area (Å²) in [7, 11) is 0. The van der Waals surface area contributed by atoms with Crippen LogP contribution in [-0.2, 0) is 20.8 Å². The number of thioether (sulfide) groups is 1. The van der Waals surface area contributed by atoms with Crippen LogP contribution in [0.4, 0.5) is 13.2 Å². The molecule has 6 nitrogen and oxygen atoms in total. The van der Waals surface area contributed by atoms with Gasteiger partial charge in [0, 0.05) is 17.5 Å². The second-order valence-corrected chi connectivity index (χ2v) is 8.31. The number of carbonyl (C=O) groups excluding carboxylic acids is 1. The van der Waals surface area contributed by atoms with Gasteiger partial charge in [-0.05, 0) is 25.3 Å². The summed E-state index contributed by atoms with van der Waals surface area (Å²) in [5.41, 5.74) is 0.910. The van der Waals surface area contributed by atoms with Crippen molar-refractivity contribution in [2.24, 2.45) is 0 Å². The molecule has 2 rings (SSSR count). The minimum atomic E-state index is -4.76. The van der Waals surface area contributed by atoms with Gasteiger partial charge in [0.25, 0.3) is 5.56 Å². The van der Waals surface area contributed by atoms with Gasteiger partial charge in [-0.25, -0.2) is 9.78 Å². The number of carbonyl (C=O) groups is 1. The molecular weight excluding hydrogens is 457 g/mol. The van der Waals surface area contributed by atoms with Crippen LogP contribution in [-0.4, -0.2) is 40.8 Å². The number of nitrogens with zero attached hydrogens (tertiary/aromatic N) is 2. The smallest absolute Gasteiger partial charge is 0.462 e. The minimum absolute atomic E-state index is 0.261. The van der Waals surface area contributed by atoms with Crippen LogP contribution >= 0.6 is 11.8 Å². The lowest BCUT2D eigenvalue weighted by molar-refractivity contribution is -0.325. The van der Waals surface area contributed by atoms with Gasteiger partial charge in [0.2, 0.25) is 0 Å². The first-order valence-electron chi connectivity index (χ1n) is 10.5. The van der Waals surface area contributed by atoms with Crippen molar-refractivity contribution in [1.82, 2.24) is 9.55 Å². The van der Waals surface area contributed by atoms with E-state index in [0.29, 0.717) is 34.2 Å². The van der Waals surface area contributed by atoms with Crippen molar-refractivity contribution in [3.63, 3.8) is 0 Å². The van der Waals surface area contributed by atoms with Gasteiger partial charge in [-0.3, -0.25) is 14.1 Å². The van der Waals surface area contributed by atoms with E-state index >= 15 is 0 Å². The van der Waals surface area contributed by atoms with Crippen LogP contribution in [0.1, 0.15) is 32.6 Å². The highest BCUT2D eigenvalue weighted by Gasteiger charge is 2.29. The number of unbranched alkanes of at least 4 members (excludes halogenated alkanes) is 3. The van der Waals surface area contributed by atoms with E-state index in [2.05, 4.69) is 16.3 Å². The van der Waals surface area contributed by atoms with Crippen molar-refractivity contribution in [2.75, 3.05) is 19.0 Å². The SMILES string of the molecule is C=C(C)C(=O)OCCCCCCSc1ncc(-c2ccccc2)c(=O)n1CCOC(F)(F)F. The molecular formula is C23H27F3N2O4S. The Morgan fingerprint density at radius 1 is 1.12 bits per heavy atom. The average molecular weight is 485 g/mol. The zero-order valence-electron chi connectivity index (χ0n) is 18.4. The molecule has 180 valence electrons. The Balaban J connectivity index is 1.94. The lowest BCUT2D eigenvalue weighted by Gasteiger charge is -2.14. The molecule has 0 spiro atoms. The Morgan fingerprint density at radius 2 is 1.82 bits per heavy atom. The topological polar surface area (TPSA) is 70.4 Å².